The Morgan fingerprint density at radius 3 is 2.82 bits per heavy atom. The molecule has 0 spiro atoms. The van der Waals surface area contributed by atoms with Crippen molar-refractivity contribution in [3.8, 4) is 5.88 Å². The molecular weight excluding hydrogens is 284 g/mol. The van der Waals surface area contributed by atoms with E-state index < -0.39 is 0 Å². The van der Waals surface area contributed by atoms with Gasteiger partial charge in [-0.05, 0) is 18.8 Å². The summed E-state index contributed by atoms with van der Waals surface area (Å²) in [5.74, 6) is 2.12. The second-order valence-electron chi connectivity index (χ2n) is 5.77. The molecule has 2 rings (SSSR count). The van der Waals surface area contributed by atoms with E-state index in [1.165, 1.54) is 0 Å². The predicted molar refractivity (Wildman–Crippen MR) is 85.1 cm³/mol. The molecule has 3 N–H and O–H groups in total. The monoisotopic (exact) mass is 310 g/mol. The van der Waals surface area contributed by atoms with E-state index in [1.807, 2.05) is 0 Å². The Morgan fingerprint density at radius 1 is 1.36 bits per heavy atom. The molecule has 0 amide bonds. The van der Waals surface area contributed by atoms with E-state index in [2.05, 4.69) is 29.1 Å². The van der Waals surface area contributed by atoms with Crippen LogP contribution in [0.15, 0.2) is 0 Å². The van der Waals surface area contributed by atoms with E-state index in [-0.39, 0.29) is 6.10 Å². The fourth-order valence-corrected chi connectivity index (χ4v) is 2.16. The maximum atomic E-state index is 6.13. The first-order chi connectivity index (χ1) is 10.6. The van der Waals surface area contributed by atoms with Crippen molar-refractivity contribution < 1.29 is 14.2 Å². The Labute approximate surface area is 131 Å². The van der Waals surface area contributed by atoms with Crippen LogP contribution in [0.1, 0.15) is 38.6 Å². The van der Waals surface area contributed by atoms with Crippen LogP contribution in [0, 0.1) is 5.92 Å². The van der Waals surface area contributed by atoms with E-state index in [0.29, 0.717) is 42.3 Å². The molecule has 1 unspecified atom stereocenters. The molecular formula is C15H26N4O3. The van der Waals surface area contributed by atoms with Crippen LogP contribution < -0.4 is 15.8 Å². The number of hydrogen-bond donors (Lipinski definition) is 2. The van der Waals surface area contributed by atoms with Crippen LogP contribution in [0.2, 0.25) is 0 Å². The summed E-state index contributed by atoms with van der Waals surface area (Å²) in [7, 11) is 1.63. The van der Waals surface area contributed by atoms with Crippen molar-refractivity contribution >= 4 is 11.5 Å². The number of anilines is 2. The Morgan fingerprint density at radius 2 is 2.18 bits per heavy atom. The van der Waals surface area contributed by atoms with Gasteiger partial charge in [0.2, 0.25) is 5.88 Å². The highest BCUT2D eigenvalue weighted by Gasteiger charge is 2.24. The van der Waals surface area contributed by atoms with Gasteiger partial charge in [-0.25, -0.2) is 4.98 Å². The molecule has 0 aliphatic carbocycles. The van der Waals surface area contributed by atoms with Gasteiger partial charge in [-0.3, -0.25) is 0 Å². The van der Waals surface area contributed by atoms with E-state index in [4.69, 9.17) is 19.9 Å². The number of hydrogen-bond acceptors (Lipinski definition) is 7. The standard InChI is InChI=1S/C15H26N4O3/c1-10(2)9-17-14-12(16)15(22-8-7-20-3)19-13(18-14)11-5-4-6-21-11/h10-11H,4-9,16H2,1-3H3,(H,17,18,19). The van der Waals surface area contributed by atoms with Gasteiger partial charge in [0.1, 0.15) is 18.4 Å². The highest BCUT2D eigenvalue weighted by atomic mass is 16.5. The van der Waals surface area contributed by atoms with Gasteiger partial charge in [-0.2, -0.15) is 4.98 Å². The van der Waals surface area contributed by atoms with E-state index >= 15 is 0 Å². The number of nitrogens with zero attached hydrogens (tertiary/aromatic N) is 2. The van der Waals surface area contributed by atoms with Crippen molar-refractivity contribution in [1.82, 2.24) is 9.97 Å². The molecule has 7 heteroatoms. The van der Waals surface area contributed by atoms with Crippen LogP contribution in [0.5, 0.6) is 5.88 Å². The summed E-state index contributed by atoms with van der Waals surface area (Å²) in [4.78, 5) is 8.97. The summed E-state index contributed by atoms with van der Waals surface area (Å²) < 4.78 is 16.3. The number of rotatable bonds is 8. The minimum atomic E-state index is -0.0787. The molecule has 0 aromatic carbocycles. The predicted octanol–water partition coefficient (Wildman–Crippen LogP) is 2.00. The van der Waals surface area contributed by atoms with Crippen molar-refractivity contribution in [2.75, 3.05) is 44.5 Å². The Balaban J connectivity index is 2.21. The molecule has 1 aromatic rings. The Bertz CT molecular complexity index is 476. The van der Waals surface area contributed by atoms with Gasteiger partial charge in [0.05, 0.1) is 6.61 Å². The number of nitrogens with two attached hydrogens (primary N) is 1. The summed E-state index contributed by atoms with van der Waals surface area (Å²) in [6.07, 6.45) is 1.86. The lowest BCUT2D eigenvalue weighted by atomic mass is 10.2. The minimum Gasteiger partial charge on any atom is -0.474 e. The Kier molecular flexibility index (Phi) is 6.21. The SMILES string of the molecule is COCCOc1nc(C2CCCO2)nc(NCC(C)C)c1N. The molecule has 1 saturated heterocycles. The molecule has 1 aliphatic rings. The number of nitrogen functional groups attached to an aromatic ring is 1. The highest BCUT2D eigenvalue weighted by Crippen LogP contribution is 2.32. The zero-order chi connectivity index (χ0) is 15.9. The fourth-order valence-electron chi connectivity index (χ4n) is 2.16. The first-order valence-electron chi connectivity index (χ1n) is 7.76. The summed E-state index contributed by atoms with van der Waals surface area (Å²) in [5.41, 5.74) is 6.55. The second-order valence-corrected chi connectivity index (χ2v) is 5.77. The molecule has 2 heterocycles. The summed E-state index contributed by atoms with van der Waals surface area (Å²) in [6, 6.07) is 0. The quantitative estimate of drug-likeness (QED) is 0.709. The average Bonchev–Trinajstić information content (AvgIpc) is 3.02. The lowest BCUT2D eigenvalue weighted by Gasteiger charge is -2.17. The number of methoxy groups -OCH3 is 1. The van der Waals surface area contributed by atoms with Crippen molar-refractivity contribution in [2.24, 2.45) is 5.92 Å². The molecule has 1 atom stereocenters. The van der Waals surface area contributed by atoms with E-state index in [0.717, 1.165) is 26.0 Å². The summed E-state index contributed by atoms with van der Waals surface area (Å²) in [6.45, 7) is 6.65. The number of aromatic nitrogens is 2. The highest BCUT2D eigenvalue weighted by molar-refractivity contribution is 5.67. The molecule has 1 aliphatic heterocycles. The van der Waals surface area contributed by atoms with Gasteiger partial charge >= 0.3 is 0 Å². The van der Waals surface area contributed by atoms with Crippen LogP contribution in [0.25, 0.3) is 0 Å². The van der Waals surface area contributed by atoms with Crippen LogP contribution in [-0.4, -0.2) is 43.4 Å². The molecule has 0 saturated carbocycles. The largest absolute Gasteiger partial charge is 0.474 e. The van der Waals surface area contributed by atoms with Crippen molar-refractivity contribution in [2.45, 2.75) is 32.8 Å². The third-order valence-electron chi connectivity index (χ3n) is 3.35. The van der Waals surface area contributed by atoms with Crippen LogP contribution in [0.3, 0.4) is 0 Å². The van der Waals surface area contributed by atoms with Crippen molar-refractivity contribution in [3.05, 3.63) is 5.82 Å². The molecule has 0 radical (unpaired) electrons. The third kappa shape index (κ3) is 4.45. The average molecular weight is 310 g/mol. The van der Waals surface area contributed by atoms with Crippen LogP contribution in [0.4, 0.5) is 11.5 Å². The molecule has 124 valence electrons. The molecule has 1 fully saturated rings. The van der Waals surface area contributed by atoms with E-state index in [1.54, 1.807) is 7.11 Å². The third-order valence-corrected chi connectivity index (χ3v) is 3.35. The smallest absolute Gasteiger partial charge is 0.243 e. The van der Waals surface area contributed by atoms with Crippen molar-refractivity contribution in [3.63, 3.8) is 0 Å². The maximum absolute atomic E-state index is 6.13. The topological polar surface area (TPSA) is 91.5 Å². The minimum absolute atomic E-state index is 0.0787. The van der Waals surface area contributed by atoms with Gasteiger partial charge in [0, 0.05) is 20.3 Å². The first kappa shape index (κ1) is 16.8. The second kappa shape index (κ2) is 8.14. The van der Waals surface area contributed by atoms with Gasteiger partial charge in [-0.1, -0.05) is 13.8 Å². The lowest BCUT2D eigenvalue weighted by molar-refractivity contribution is 0.103. The first-order valence-corrected chi connectivity index (χ1v) is 7.76. The molecule has 1 aromatic heterocycles. The van der Waals surface area contributed by atoms with E-state index in [9.17, 15) is 0 Å². The molecule has 7 nitrogen and oxygen atoms in total. The zero-order valence-electron chi connectivity index (χ0n) is 13.6. The number of nitrogens with one attached hydrogen (secondary N) is 1. The zero-order valence-corrected chi connectivity index (χ0v) is 13.6. The maximum Gasteiger partial charge on any atom is 0.243 e. The van der Waals surface area contributed by atoms with Gasteiger partial charge in [0.15, 0.2) is 11.6 Å². The molecule has 0 bridgehead atoms. The normalized spacial score (nSPS) is 17.9. The fraction of sp³-hybridized carbons (Fsp3) is 0.733. The van der Waals surface area contributed by atoms with Gasteiger partial charge in [-0.15, -0.1) is 0 Å². The Hall–Kier alpha value is -1.60. The molecule has 22 heavy (non-hydrogen) atoms. The van der Waals surface area contributed by atoms with Crippen LogP contribution >= 0.6 is 0 Å². The lowest BCUT2D eigenvalue weighted by Crippen LogP contribution is -2.16. The van der Waals surface area contributed by atoms with Gasteiger partial charge in [0.25, 0.3) is 0 Å². The number of ether oxygens (including phenoxy) is 3. The van der Waals surface area contributed by atoms with Crippen molar-refractivity contribution in [1.29, 1.82) is 0 Å². The summed E-state index contributed by atoms with van der Waals surface area (Å²) >= 11 is 0. The summed E-state index contributed by atoms with van der Waals surface area (Å²) in [5, 5.41) is 3.26. The van der Waals surface area contributed by atoms with Gasteiger partial charge < -0.3 is 25.3 Å². The van der Waals surface area contributed by atoms with Crippen LogP contribution in [-0.2, 0) is 9.47 Å².